The van der Waals surface area contributed by atoms with Crippen molar-refractivity contribution in [1.82, 2.24) is 10.2 Å². The molecule has 202 valence electrons. The third-order valence-corrected chi connectivity index (χ3v) is 7.96. The van der Waals surface area contributed by atoms with E-state index in [9.17, 15) is 22.4 Å². The normalized spacial score (nSPS) is 15.7. The topological polar surface area (TPSA) is 109 Å². The van der Waals surface area contributed by atoms with E-state index in [1.165, 1.54) is 36.2 Å². The molecule has 2 amide bonds. The monoisotopic (exact) mass is 551 g/mol. The van der Waals surface area contributed by atoms with Crippen LogP contribution in [0.4, 0.5) is 10.1 Å². The van der Waals surface area contributed by atoms with Crippen molar-refractivity contribution in [2.75, 3.05) is 31.2 Å². The number of carbonyl (C=O) groups excluding carboxylic acids is 2. The second kappa shape index (κ2) is 9.73. The molecule has 4 aromatic rings. The van der Waals surface area contributed by atoms with Crippen molar-refractivity contribution in [3.63, 3.8) is 0 Å². The summed E-state index contributed by atoms with van der Waals surface area (Å²) in [6.45, 7) is 1.46. The van der Waals surface area contributed by atoms with Crippen LogP contribution in [0.3, 0.4) is 0 Å². The highest BCUT2D eigenvalue weighted by Crippen LogP contribution is 2.42. The van der Waals surface area contributed by atoms with E-state index in [4.69, 9.17) is 9.15 Å². The Morgan fingerprint density at radius 1 is 1.08 bits per heavy atom. The summed E-state index contributed by atoms with van der Waals surface area (Å²) in [6.07, 6.45) is 1.04. The standard InChI is InChI=1S/C28H26FN3O6S/c1-16-21-13-22-24(14-23(21)32(39(4,35)36)15-25(33)31(16)3)38-27(26(22)28(34)30-2)17-5-9-19(10-6-17)37-20-11-7-18(29)8-12-20/h5-14,16H,15H2,1-4H3,(H,30,34)/t16-/m1/s1. The summed E-state index contributed by atoms with van der Waals surface area (Å²) in [5.74, 6) is 0.153. The maximum atomic E-state index is 13.2. The molecule has 0 fully saturated rings. The number of fused-ring (bicyclic) bond motifs is 2. The van der Waals surface area contributed by atoms with Gasteiger partial charge in [0, 0.05) is 31.1 Å². The Hall–Kier alpha value is -4.38. The third kappa shape index (κ3) is 4.81. The third-order valence-electron chi connectivity index (χ3n) is 6.83. The van der Waals surface area contributed by atoms with Crippen LogP contribution in [0.2, 0.25) is 0 Å². The van der Waals surface area contributed by atoms with Gasteiger partial charge >= 0.3 is 0 Å². The molecule has 2 heterocycles. The molecule has 1 aliphatic heterocycles. The molecule has 11 heteroatoms. The Labute approximate surface area is 224 Å². The summed E-state index contributed by atoms with van der Waals surface area (Å²) in [5.41, 5.74) is 2.06. The van der Waals surface area contributed by atoms with Crippen LogP contribution in [0.25, 0.3) is 22.3 Å². The molecule has 1 atom stereocenters. The van der Waals surface area contributed by atoms with E-state index in [1.807, 2.05) is 0 Å². The van der Waals surface area contributed by atoms with E-state index in [1.54, 1.807) is 50.4 Å². The minimum absolute atomic E-state index is 0.277. The quantitative estimate of drug-likeness (QED) is 0.386. The molecule has 1 aliphatic rings. The number of nitrogens with zero attached hydrogens (tertiary/aromatic N) is 2. The number of nitrogens with one attached hydrogen (secondary N) is 1. The number of halogens is 1. The Kier molecular flexibility index (Phi) is 6.55. The molecule has 1 aromatic heterocycles. The summed E-state index contributed by atoms with van der Waals surface area (Å²) in [5, 5.41) is 3.13. The number of hydrogen-bond acceptors (Lipinski definition) is 6. The van der Waals surface area contributed by atoms with E-state index in [0.29, 0.717) is 45.0 Å². The molecule has 5 rings (SSSR count). The molecule has 0 saturated carbocycles. The zero-order valence-electron chi connectivity index (χ0n) is 21.7. The van der Waals surface area contributed by atoms with Crippen LogP contribution in [0.15, 0.2) is 65.1 Å². The van der Waals surface area contributed by atoms with Gasteiger partial charge in [-0.25, -0.2) is 12.8 Å². The van der Waals surface area contributed by atoms with Crippen molar-refractivity contribution < 1.29 is 31.6 Å². The number of hydrogen-bond donors (Lipinski definition) is 1. The number of sulfonamides is 1. The van der Waals surface area contributed by atoms with Gasteiger partial charge in [-0.05, 0) is 67.1 Å². The SMILES string of the molecule is CNC(=O)c1c(-c2ccc(Oc3ccc(F)cc3)cc2)oc2cc3c(cc12)[C@@H](C)N(C)C(=O)CN3S(C)(=O)=O. The largest absolute Gasteiger partial charge is 0.457 e. The smallest absolute Gasteiger partial charge is 0.255 e. The lowest BCUT2D eigenvalue weighted by Crippen LogP contribution is -2.38. The Bertz CT molecular complexity index is 1700. The van der Waals surface area contributed by atoms with Gasteiger partial charge in [-0.2, -0.15) is 0 Å². The highest BCUT2D eigenvalue weighted by molar-refractivity contribution is 7.92. The predicted molar refractivity (Wildman–Crippen MR) is 145 cm³/mol. The van der Waals surface area contributed by atoms with E-state index in [2.05, 4.69) is 5.32 Å². The van der Waals surface area contributed by atoms with Crippen LogP contribution < -0.4 is 14.4 Å². The number of amides is 2. The first-order chi connectivity index (χ1) is 18.5. The molecule has 0 bridgehead atoms. The van der Waals surface area contributed by atoms with E-state index in [-0.39, 0.29) is 29.7 Å². The molecule has 9 nitrogen and oxygen atoms in total. The second-order valence-electron chi connectivity index (χ2n) is 9.32. The van der Waals surface area contributed by atoms with Crippen LogP contribution in [-0.4, -0.2) is 52.0 Å². The maximum Gasteiger partial charge on any atom is 0.255 e. The second-order valence-corrected chi connectivity index (χ2v) is 11.2. The molecular formula is C28H26FN3O6S. The van der Waals surface area contributed by atoms with Crippen molar-refractivity contribution >= 4 is 38.5 Å². The van der Waals surface area contributed by atoms with Gasteiger partial charge in [0.05, 0.1) is 23.5 Å². The maximum absolute atomic E-state index is 13.2. The number of benzene rings is 3. The van der Waals surface area contributed by atoms with E-state index in [0.717, 1.165) is 10.6 Å². The summed E-state index contributed by atoms with van der Waals surface area (Å²) >= 11 is 0. The van der Waals surface area contributed by atoms with E-state index < -0.39 is 16.1 Å². The van der Waals surface area contributed by atoms with Gasteiger partial charge in [0.2, 0.25) is 15.9 Å². The van der Waals surface area contributed by atoms with Crippen molar-refractivity contribution in [2.45, 2.75) is 13.0 Å². The lowest BCUT2D eigenvalue weighted by atomic mass is 9.99. The minimum atomic E-state index is -3.79. The first kappa shape index (κ1) is 26.2. The Morgan fingerprint density at radius 3 is 2.28 bits per heavy atom. The first-order valence-electron chi connectivity index (χ1n) is 12.1. The highest BCUT2D eigenvalue weighted by Gasteiger charge is 2.34. The van der Waals surface area contributed by atoms with Crippen molar-refractivity contribution in [2.24, 2.45) is 0 Å². The molecule has 0 unspecified atom stereocenters. The van der Waals surface area contributed by atoms with Crippen LogP contribution in [0.1, 0.15) is 28.9 Å². The molecule has 3 aromatic carbocycles. The summed E-state index contributed by atoms with van der Waals surface area (Å²) in [7, 11) is -0.668. The number of furan rings is 1. The van der Waals surface area contributed by atoms with Crippen molar-refractivity contribution in [1.29, 1.82) is 0 Å². The lowest BCUT2D eigenvalue weighted by Gasteiger charge is -2.23. The summed E-state index contributed by atoms with van der Waals surface area (Å²) in [6, 6.07) is 15.3. The van der Waals surface area contributed by atoms with Crippen LogP contribution in [0.5, 0.6) is 11.5 Å². The Balaban J connectivity index is 1.64. The van der Waals surface area contributed by atoms with Gasteiger partial charge in [0.1, 0.15) is 35.2 Å². The first-order valence-corrected chi connectivity index (χ1v) is 13.9. The van der Waals surface area contributed by atoms with Gasteiger partial charge in [-0.3, -0.25) is 13.9 Å². The van der Waals surface area contributed by atoms with Gasteiger partial charge in [-0.1, -0.05) is 0 Å². The van der Waals surface area contributed by atoms with Gasteiger partial charge in [0.15, 0.2) is 0 Å². The van der Waals surface area contributed by atoms with Crippen LogP contribution in [0, 0.1) is 5.82 Å². The molecule has 0 saturated heterocycles. The van der Waals surface area contributed by atoms with Crippen LogP contribution in [-0.2, 0) is 14.8 Å². The molecule has 39 heavy (non-hydrogen) atoms. The summed E-state index contributed by atoms with van der Waals surface area (Å²) < 4.78 is 51.5. The van der Waals surface area contributed by atoms with Gasteiger partial charge in [0.25, 0.3) is 5.91 Å². The average Bonchev–Trinajstić information content (AvgIpc) is 3.25. The molecular weight excluding hydrogens is 525 g/mol. The zero-order chi connectivity index (χ0) is 28.1. The fraction of sp³-hybridized carbons (Fsp3) is 0.214. The predicted octanol–water partition coefficient (Wildman–Crippen LogP) is 4.69. The van der Waals surface area contributed by atoms with Crippen molar-refractivity contribution in [3.8, 4) is 22.8 Å². The number of ether oxygens (including phenoxy) is 1. The Morgan fingerprint density at radius 2 is 1.69 bits per heavy atom. The minimum Gasteiger partial charge on any atom is -0.457 e. The molecule has 0 spiro atoms. The number of anilines is 1. The van der Waals surface area contributed by atoms with E-state index >= 15 is 0 Å². The fourth-order valence-electron chi connectivity index (χ4n) is 4.61. The number of likely N-dealkylation sites (N-methyl/N-ethyl adjacent to an activating group) is 1. The zero-order valence-corrected chi connectivity index (χ0v) is 22.5. The van der Waals surface area contributed by atoms with Crippen molar-refractivity contribution in [3.05, 3.63) is 77.6 Å². The average molecular weight is 552 g/mol. The lowest BCUT2D eigenvalue weighted by molar-refractivity contribution is -0.129. The number of carbonyl (C=O) groups is 2. The highest BCUT2D eigenvalue weighted by atomic mass is 32.2. The van der Waals surface area contributed by atoms with Crippen LogP contribution >= 0.6 is 0 Å². The summed E-state index contributed by atoms with van der Waals surface area (Å²) in [4.78, 5) is 27.3. The fourth-order valence-corrected chi connectivity index (χ4v) is 5.47. The molecule has 0 aliphatic carbocycles. The number of rotatable bonds is 5. The molecule has 0 radical (unpaired) electrons. The van der Waals surface area contributed by atoms with Gasteiger partial charge in [-0.15, -0.1) is 0 Å². The van der Waals surface area contributed by atoms with Gasteiger partial charge < -0.3 is 19.4 Å². The molecule has 1 N–H and O–H groups in total.